The van der Waals surface area contributed by atoms with Crippen molar-refractivity contribution in [1.29, 1.82) is 0 Å². The normalized spacial score (nSPS) is 16.7. The molecule has 1 saturated carbocycles. The van der Waals surface area contributed by atoms with Crippen molar-refractivity contribution in [1.82, 2.24) is 10.6 Å². The molecule has 0 radical (unpaired) electrons. The van der Waals surface area contributed by atoms with Gasteiger partial charge in [-0.1, -0.05) is 31.0 Å². The molecule has 2 rings (SSSR count). The number of hydrogen-bond acceptors (Lipinski definition) is 3. The van der Waals surface area contributed by atoms with Gasteiger partial charge in [-0.15, -0.1) is 0 Å². The van der Waals surface area contributed by atoms with Gasteiger partial charge in [-0.25, -0.2) is 0 Å². The largest absolute Gasteiger partial charge is 0.496 e. The predicted octanol–water partition coefficient (Wildman–Crippen LogP) is 2.27. The summed E-state index contributed by atoms with van der Waals surface area (Å²) < 4.78 is 5.33. The molecule has 0 heterocycles. The van der Waals surface area contributed by atoms with Crippen LogP contribution in [-0.4, -0.2) is 31.6 Å². The highest BCUT2D eigenvalue weighted by atomic mass is 16.5. The van der Waals surface area contributed by atoms with Crippen LogP contribution in [0.25, 0.3) is 0 Å². The molecule has 0 aliphatic heterocycles. The highest BCUT2D eigenvalue weighted by molar-refractivity contribution is 5.81. The minimum Gasteiger partial charge on any atom is -0.496 e. The third kappa shape index (κ3) is 4.74. The zero-order chi connectivity index (χ0) is 15.1. The van der Waals surface area contributed by atoms with E-state index in [1.807, 2.05) is 25.1 Å². The molecular formula is C17H26N2O2. The SMILES string of the molecule is COc1ccccc1CCNC(C)C(=O)NC1CCCC1. The first kappa shape index (κ1) is 15.8. The van der Waals surface area contributed by atoms with E-state index in [1.54, 1.807) is 7.11 Å². The van der Waals surface area contributed by atoms with Crippen LogP contribution < -0.4 is 15.4 Å². The fourth-order valence-electron chi connectivity index (χ4n) is 2.82. The quantitative estimate of drug-likeness (QED) is 0.810. The Morgan fingerprint density at radius 1 is 1.33 bits per heavy atom. The third-order valence-electron chi connectivity index (χ3n) is 4.13. The Labute approximate surface area is 127 Å². The first-order valence-corrected chi connectivity index (χ1v) is 7.86. The molecule has 1 unspecified atom stereocenters. The third-order valence-corrected chi connectivity index (χ3v) is 4.13. The highest BCUT2D eigenvalue weighted by Gasteiger charge is 2.20. The van der Waals surface area contributed by atoms with Crippen molar-refractivity contribution in [2.24, 2.45) is 0 Å². The number of benzene rings is 1. The van der Waals surface area contributed by atoms with Crippen LogP contribution in [0.1, 0.15) is 38.2 Å². The van der Waals surface area contributed by atoms with Crippen LogP contribution in [0.4, 0.5) is 0 Å². The average Bonchev–Trinajstić information content (AvgIpc) is 3.00. The van der Waals surface area contributed by atoms with Crippen molar-refractivity contribution in [3.05, 3.63) is 29.8 Å². The molecule has 0 bridgehead atoms. The van der Waals surface area contributed by atoms with Gasteiger partial charge in [0.2, 0.25) is 5.91 Å². The lowest BCUT2D eigenvalue weighted by molar-refractivity contribution is -0.123. The van der Waals surface area contributed by atoms with E-state index in [0.717, 1.165) is 37.1 Å². The smallest absolute Gasteiger partial charge is 0.237 e. The van der Waals surface area contributed by atoms with Gasteiger partial charge in [0.05, 0.1) is 13.2 Å². The summed E-state index contributed by atoms with van der Waals surface area (Å²) in [5.74, 6) is 1.02. The number of carbonyl (C=O) groups is 1. The van der Waals surface area contributed by atoms with Gasteiger partial charge in [0.25, 0.3) is 0 Å². The Balaban J connectivity index is 1.73. The lowest BCUT2D eigenvalue weighted by Gasteiger charge is -2.18. The summed E-state index contributed by atoms with van der Waals surface area (Å²) in [7, 11) is 1.68. The van der Waals surface area contributed by atoms with E-state index in [9.17, 15) is 4.79 Å². The molecule has 2 N–H and O–H groups in total. The summed E-state index contributed by atoms with van der Waals surface area (Å²) in [6.45, 7) is 2.69. The minimum atomic E-state index is -0.152. The maximum Gasteiger partial charge on any atom is 0.237 e. The number of carbonyl (C=O) groups excluding carboxylic acids is 1. The van der Waals surface area contributed by atoms with Gasteiger partial charge in [-0.2, -0.15) is 0 Å². The molecule has 1 atom stereocenters. The van der Waals surface area contributed by atoms with Crippen LogP contribution in [0.5, 0.6) is 5.75 Å². The van der Waals surface area contributed by atoms with Gasteiger partial charge in [-0.3, -0.25) is 4.79 Å². The second kappa shape index (κ2) is 8.03. The van der Waals surface area contributed by atoms with E-state index in [0.29, 0.717) is 6.04 Å². The molecular weight excluding hydrogens is 264 g/mol. The summed E-state index contributed by atoms with van der Waals surface area (Å²) in [6.07, 6.45) is 5.57. The highest BCUT2D eigenvalue weighted by Crippen LogP contribution is 2.18. The predicted molar refractivity (Wildman–Crippen MR) is 84.6 cm³/mol. The minimum absolute atomic E-state index is 0.113. The molecule has 0 saturated heterocycles. The van der Waals surface area contributed by atoms with E-state index in [-0.39, 0.29) is 11.9 Å². The van der Waals surface area contributed by atoms with Crippen molar-refractivity contribution in [3.8, 4) is 5.75 Å². The molecule has 4 nitrogen and oxygen atoms in total. The first-order valence-electron chi connectivity index (χ1n) is 7.86. The standard InChI is InChI=1S/C17H26N2O2/c1-13(17(20)19-15-8-4-5-9-15)18-12-11-14-7-3-6-10-16(14)21-2/h3,6-7,10,13,15,18H,4-5,8-9,11-12H2,1-2H3,(H,19,20). The van der Waals surface area contributed by atoms with E-state index in [4.69, 9.17) is 4.74 Å². The summed E-state index contributed by atoms with van der Waals surface area (Å²) in [6, 6.07) is 8.23. The zero-order valence-electron chi connectivity index (χ0n) is 13.0. The summed E-state index contributed by atoms with van der Waals surface area (Å²) >= 11 is 0. The van der Waals surface area contributed by atoms with Crippen molar-refractivity contribution in [3.63, 3.8) is 0 Å². The second-order valence-corrected chi connectivity index (χ2v) is 5.73. The Morgan fingerprint density at radius 3 is 2.76 bits per heavy atom. The second-order valence-electron chi connectivity index (χ2n) is 5.73. The molecule has 1 aliphatic carbocycles. The van der Waals surface area contributed by atoms with Gasteiger partial charge >= 0.3 is 0 Å². The molecule has 0 aromatic heterocycles. The Hall–Kier alpha value is -1.55. The van der Waals surface area contributed by atoms with Gasteiger partial charge in [0.1, 0.15) is 5.75 Å². The van der Waals surface area contributed by atoms with E-state index in [2.05, 4.69) is 16.7 Å². The number of hydrogen-bond donors (Lipinski definition) is 2. The number of rotatable bonds is 7. The van der Waals surface area contributed by atoms with Crippen molar-refractivity contribution < 1.29 is 9.53 Å². The van der Waals surface area contributed by atoms with Crippen molar-refractivity contribution in [2.75, 3.05) is 13.7 Å². The van der Waals surface area contributed by atoms with Crippen LogP contribution in [0.3, 0.4) is 0 Å². The van der Waals surface area contributed by atoms with E-state index >= 15 is 0 Å². The molecule has 1 aliphatic rings. The number of ether oxygens (including phenoxy) is 1. The zero-order valence-corrected chi connectivity index (χ0v) is 13.0. The topological polar surface area (TPSA) is 50.4 Å². The average molecular weight is 290 g/mol. The molecule has 21 heavy (non-hydrogen) atoms. The number of amides is 1. The summed E-state index contributed by atoms with van der Waals surface area (Å²) in [5, 5.41) is 6.41. The Bertz CT molecular complexity index is 456. The fraction of sp³-hybridized carbons (Fsp3) is 0.588. The van der Waals surface area contributed by atoms with Gasteiger partial charge in [0.15, 0.2) is 0 Å². The molecule has 1 aromatic carbocycles. The van der Waals surface area contributed by atoms with E-state index in [1.165, 1.54) is 12.8 Å². The van der Waals surface area contributed by atoms with Crippen LogP contribution in [0.15, 0.2) is 24.3 Å². The molecule has 1 amide bonds. The number of methoxy groups -OCH3 is 1. The van der Waals surface area contributed by atoms with Crippen LogP contribution in [0.2, 0.25) is 0 Å². The molecule has 116 valence electrons. The van der Waals surface area contributed by atoms with Crippen LogP contribution in [0, 0.1) is 0 Å². The van der Waals surface area contributed by atoms with Gasteiger partial charge in [-0.05, 0) is 37.8 Å². The lowest BCUT2D eigenvalue weighted by Crippen LogP contribution is -2.46. The molecule has 4 heteroatoms. The monoisotopic (exact) mass is 290 g/mol. The van der Waals surface area contributed by atoms with Crippen LogP contribution >= 0.6 is 0 Å². The van der Waals surface area contributed by atoms with E-state index < -0.39 is 0 Å². The Morgan fingerprint density at radius 2 is 2.05 bits per heavy atom. The fourth-order valence-corrected chi connectivity index (χ4v) is 2.82. The number of nitrogens with one attached hydrogen (secondary N) is 2. The van der Waals surface area contributed by atoms with Crippen molar-refractivity contribution >= 4 is 5.91 Å². The summed E-state index contributed by atoms with van der Waals surface area (Å²) in [4.78, 5) is 12.1. The molecule has 1 aromatic rings. The maximum atomic E-state index is 12.1. The van der Waals surface area contributed by atoms with Crippen LogP contribution in [-0.2, 0) is 11.2 Å². The Kier molecular flexibility index (Phi) is 6.05. The molecule has 0 spiro atoms. The van der Waals surface area contributed by atoms with Gasteiger partial charge < -0.3 is 15.4 Å². The summed E-state index contributed by atoms with van der Waals surface area (Å²) in [5.41, 5.74) is 1.16. The first-order chi connectivity index (χ1) is 10.2. The van der Waals surface area contributed by atoms with Gasteiger partial charge in [0, 0.05) is 12.6 Å². The number of para-hydroxylation sites is 1. The molecule has 1 fully saturated rings. The van der Waals surface area contributed by atoms with Crippen molar-refractivity contribution in [2.45, 2.75) is 51.1 Å². The maximum absolute atomic E-state index is 12.1. The lowest BCUT2D eigenvalue weighted by atomic mass is 10.1.